The number of carbonyl (C=O) groups excluding carboxylic acids is 1. The topological polar surface area (TPSA) is 89.3 Å². The molecular formula is C17H20N2O3S. The van der Waals surface area contributed by atoms with Crippen LogP contribution in [-0.4, -0.2) is 14.3 Å². The number of nitrogens with two attached hydrogens (primary N) is 1. The number of benzene rings is 2. The Kier molecular flexibility index (Phi) is 5.18. The van der Waals surface area contributed by atoms with Gasteiger partial charge in [0.25, 0.3) is 0 Å². The van der Waals surface area contributed by atoms with Crippen molar-refractivity contribution in [3.63, 3.8) is 0 Å². The Labute approximate surface area is 136 Å². The number of rotatable bonds is 5. The highest BCUT2D eigenvalue weighted by atomic mass is 32.2. The number of aryl methyl sites for hydroxylation is 1. The number of hydrogen-bond donors (Lipinski definition) is 2. The van der Waals surface area contributed by atoms with Crippen LogP contribution in [0.2, 0.25) is 0 Å². The van der Waals surface area contributed by atoms with Crippen molar-refractivity contribution in [2.75, 3.05) is 0 Å². The second kappa shape index (κ2) is 6.93. The second-order valence-electron chi connectivity index (χ2n) is 5.51. The Bertz CT molecular complexity index is 816. The average molecular weight is 332 g/mol. The fraction of sp³-hybridized carbons (Fsp3) is 0.235. The van der Waals surface area contributed by atoms with Crippen molar-refractivity contribution in [1.29, 1.82) is 0 Å². The smallest absolute Gasteiger partial charge is 0.238 e. The van der Waals surface area contributed by atoms with Gasteiger partial charge in [0.15, 0.2) is 0 Å². The summed E-state index contributed by atoms with van der Waals surface area (Å²) in [7, 11) is -3.75. The van der Waals surface area contributed by atoms with Gasteiger partial charge in [-0.3, -0.25) is 4.79 Å². The summed E-state index contributed by atoms with van der Waals surface area (Å²) in [6, 6.07) is 13.7. The molecule has 1 unspecified atom stereocenters. The fourth-order valence-electron chi connectivity index (χ4n) is 2.32. The zero-order chi connectivity index (χ0) is 17.0. The molecule has 0 aromatic heterocycles. The molecule has 0 spiro atoms. The van der Waals surface area contributed by atoms with E-state index >= 15 is 0 Å². The van der Waals surface area contributed by atoms with E-state index in [1.807, 2.05) is 31.2 Å². The van der Waals surface area contributed by atoms with Gasteiger partial charge in [0.2, 0.25) is 15.9 Å². The van der Waals surface area contributed by atoms with Crippen molar-refractivity contribution in [3.05, 3.63) is 65.2 Å². The minimum absolute atomic E-state index is 0.0370. The summed E-state index contributed by atoms with van der Waals surface area (Å²) in [5.74, 6) is -0.118. The third-order valence-electron chi connectivity index (χ3n) is 3.68. The number of carbonyl (C=O) groups is 1. The van der Waals surface area contributed by atoms with E-state index < -0.39 is 10.0 Å². The maximum absolute atomic E-state index is 12.2. The van der Waals surface area contributed by atoms with Crippen LogP contribution < -0.4 is 10.5 Å². The van der Waals surface area contributed by atoms with Crippen LogP contribution in [0.5, 0.6) is 0 Å². The van der Waals surface area contributed by atoms with E-state index in [1.54, 1.807) is 19.1 Å². The molecular weight excluding hydrogens is 312 g/mol. The largest absolute Gasteiger partial charge is 0.349 e. The highest BCUT2D eigenvalue weighted by Gasteiger charge is 2.14. The Morgan fingerprint density at radius 1 is 1.17 bits per heavy atom. The van der Waals surface area contributed by atoms with E-state index in [0.29, 0.717) is 5.56 Å². The average Bonchev–Trinajstić information content (AvgIpc) is 2.49. The lowest BCUT2D eigenvalue weighted by Crippen LogP contribution is -2.28. The summed E-state index contributed by atoms with van der Waals surface area (Å²) in [6.07, 6.45) is 0.284. The van der Waals surface area contributed by atoms with E-state index in [9.17, 15) is 13.2 Å². The summed E-state index contributed by atoms with van der Waals surface area (Å²) in [6.45, 7) is 3.76. The molecule has 6 heteroatoms. The Morgan fingerprint density at radius 3 is 2.52 bits per heavy atom. The van der Waals surface area contributed by atoms with Gasteiger partial charge in [0.05, 0.1) is 17.4 Å². The van der Waals surface area contributed by atoms with Crippen LogP contribution in [0.4, 0.5) is 0 Å². The summed E-state index contributed by atoms with van der Waals surface area (Å²) < 4.78 is 22.8. The van der Waals surface area contributed by atoms with Crippen molar-refractivity contribution in [2.24, 2.45) is 5.14 Å². The molecule has 0 aliphatic carbocycles. The van der Waals surface area contributed by atoms with E-state index in [1.165, 1.54) is 12.1 Å². The predicted molar refractivity (Wildman–Crippen MR) is 89.3 cm³/mol. The highest BCUT2D eigenvalue weighted by molar-refractivity contribution is 7.89. The molecule has 3 N–H and O–H groups in total. The van der Waals surface area contributed by atoms with Crippen molar-refractivity contribution in [3.8, 4) is 0 Å². The molecule has 2 aromatic rings. The predicted octanol–water partition coefficient (Wildman–Crippen LogP) is 2.06. The zero-order valence-corrected chi connectivity index (χ0v) is 13.9. The van der Waals surface area contributed by atoms with E-state index in [0.717, 1.165) is 11.1 Å². The van der Waals surface area contributed by atoms with Gasteiger partial charge in [-0.15, -0.1) is 0 Å². The lowest BCUT2D eigenvalue weighted by atomic mass is 10.0. The van der Waals surface area contributed by atoms with Gasteiger partial charge in [0.1, 0.15) is 0 Å². The Balaban J connectivity index is 2.08. The molecule has 0 aliphatic heterocycles. The van der Waals surface area contributed by atoms with Gasteiger partial charge < -0.3 is 5.32 Å². The van der Waals surface area contributed by atoms with E-state index in [4.69, 9.17) is 5.14 Å². The normalized spacial score (nSPS) is 12.7. The van der Waals surface area contributed by atoms with Crippen LogP contribution in [-0.2, 0) is 21.2 Å². The maximum atomic E-state index is 12.2. The van der Waals surface area contributed by atoms with Gasteiger partial charge >= 0.3 is 0 Å². The second-order valence-corrected chi connectivity index (χ2v) is 7.07. The van der Waals surface area contributed by atoms with Crippen LogP contribution in [0.3, 0.4) is 0 Å². The third-order valence-corrected chi connectivity index (χ3v) is 4.59. The number of hydrogen-bond acceptors (Lipinski definition) is 3. The van der Waals surface area contributed by atoms with Crippen molar-refractivity contribution < 1.29 is 13.2 Å². The lowest BCUT2D eigenvalue weighted by Gasteiger charge is -2.15. The summed E-state index contributed by atoms with van der Waals surface area (Å²) in [4.78, 5) is 12.2. The number of amides is 1. The first-order chi connectivity index (χ1) is 10.8. The molecule has 2 rings (SSSR count). The van der Waals surface area contributed by atoms with Crippen molar-refractivity contribution in [1.82, 2.24) is 5.32 Å². The molecule has 122 valence electrons. The first-order valence-corrected chi connectivity index (χ1v) is 8.78. The highest BCUT2D eigenvalue weighted by Crippen LogP contribution is 2.17. The number of nitrogens with one attached hydrogen (secondary N) is 1. The standard InChI is InChI=1S/C17H20N2O3S/c1-12-6-3-4-7-14(12)11-17(20)19-13(2)15-8-5-9-16(10-15)23(18,21)22/h3-10,13H,11H2,1-2H3,(H,19,20)(H2,18,21,22). The van der Waals surface area contributed by atoms with Crippen molar-refractivity contribution in [2.45, 2.75) is 31.2 Å². The van der Waals surface area contributed by atoms with Crippen LogP contribution >= 0.6 is 0 Å². The lowest BCUT2D eigenvalue weighted by molar-refractivity contribution is -0.121. The van der Waals surface area contributed by atoms with Crippen LogP contribution in [0.1, 0.15) is 29.7 Å². The number of primary sulfonamides is 1. The Hall–Kier alpha value is -2.18. The molecule has 0 radical (unpaired) electrons. The molecule has 1 atom stereocenters. The molecule has 0 bridgehead atoms. The van der Waals surface area contributed by atoms with E-state index in [2.05, 4.69) is 5.32 Å². The van der Waals surface area contributed by atoms with Gasteiger partial charge in [-0.05, 0) is 42.7 Å². The molecule has 2 aromatic carbocycles. The van der Waals surface area contributed by atoms with Gasteiger partial charge in [-0.2, -0.15) is 0 Å². The first kappa shape index (κ1) is 17.2. The minimum Gasteiger partial charge on any atom is -0.349 e. The van der Waals surface area contributed by atoms with Gasteiger partial charge in [-0.25, -0.2) is 13.6 Å². The molecule has 0 heterocycles. The zero-order valence-electron chi connectivity index (χ0n) is 13.1. The van der Waals surface area contributed by atoms with Crippen LogP contribution in [0, 0.1) is 6.92 Å². The molecule has 0 saturated heterocycles. The number of sulfonamides is 1. The summed E-state index contributed by atoms with van der Waals surface area (Å²) in [5.41, 5.74) is 2.72. The van der Waals surface area contributed by atoms with Gasteiger partial charge in [0, 0.05) is 0 Å². The Morgan fingerprint density at radius 2 is 1.87 bits per heavy atom. The van der Waals surface area contributed by atoms with Crippen molar-refractivity contribution >= 4 is 15.9 Å². The molecule has 0 aliphatic rings. The van der Waals surface area contributed by atoms with Crippen LogP contribution in [0.25, 0.3) is 0 Å². The summed E-state index contributed by atoms with van der Waals surface area (Å²) >= 11 is 0. The van der Waals surface area contributed by atoms with E-state index in [-0.39, 0.29) is 23.3 Å². The van der Waals surface area contributed by atoms with Gasteiger partial charge in [-0.1, -0.05) is 36.4 Å². The molecule has 23 heavy (non-hydrogen) atoms. The maximum Gasteiger partial charge on any atom is 0.238 e. The molecule has 0 saturated carbocycles. The monoisotopic (exact) mass is 332 g/mol. The summed E-state index contributed by atoms with van der Waals surface area (Å²) in [5, 5.41) is 8.01. The van der Waals surface area contributed by atoms with Crippen LogP contribution in [0.15, 0.2) is 53.4 Å². The SMILES string of the molecule is Cc1ccccc1CC(=O)NC(C)c1cccc(S(N)(=O)=O)c1. The first-order valence-electron chi connectivity index (χ1n) is 7.24. The molecule has 1 amide bonds. The fourth-order valence-corrected chi connectivity index (χ4v) is 2.89. The molecule has 5 nitrogen and oxygen atoms in total. The molecule has 0 fully saturated rings. The minimum atomic E-state index is -3.75. The third kappa shape index (κ3) is 4.64. The quantitative estimate of drug-likeness (QED) is 0.878.